The van der Waals surface area contributed by atoms with Crippen molar-refractivity contribution in [3.8, 4) is 5.69 Å². The van der Waals surface area contributed by atoms with Gasteiger partial charge in [0.2, 0.25) is 5.91 Å². The molecule has 2 aliphatic rings. The van der Waals surface area contributed by atoms with Crippen LogP contribution in [0.3, 0.4) is 0 Å². The molecule has 1 aliphatic carbocycles. The Kier molecular flexibility index (Phi) is 4.43. The molecule has 25 heavy (non-hydrogen) atoms. The van der Waals surface area contributed by atoms with Crippen LogP contribution in [-0.4, -0.2) is 38.7 Å². The Bertz CT molecular complexity index is 787. The molecule has 1 aromatic heterocycles. The quantitative estimate of drug-likeness (QED) is 0.875. The van der Waals surface area contributed by atoms with Crippen LogP contribution in [0.4, 0.5) is 5.69 Å². The van der Waals surface area contributed by atoms with Crippen molar-refractivity contribution in [2.75, 3.05) is 11.9 Å². The Labute approximate surface area is 151 Å². The minimum Gasteiger partial charge on any atom is -0.326 e. The number of tetrazole rings is 1. The summed E-state index contributed by atoms with van der Waals surface area (Å²) in [5.41, 5.74) is 1.41. The average molecular weight is 361 g/mol. The maximum absolute atomic E-state index is 12.6. The zero-order valence-electron chi connectivity index (χ0n) is 14.1. The smallest absolute Gasteiger partial charge is 0.227 e. The molecule has 7 nitrogen and oxygen atoms in total. The van der Waals surface area contributed by atoms with E-state index >= 15 is 0 Å². The van der Waals surface area contributed by atoms with E-state index < -0.39 is 0 Å². The van der Waals surface area contributed by atoms with Crippen molar-refractivity contribution >= 4 is 23.2 Å². The first-order chi connectivity index (χ1) is 12.1. The van der Waals surface area contributed by atoms with Crippen LogP contribution in [-0.2, 0) is 4.79 Å². The molecular weight excluding hydrogens is 340 g/mol. The number of hydrogen-bond acceptors (Lipinski definition) is 5. The third-order valence-electron chi connectivity index (χ3n) is 4.87. The number of aromatic nitrogens is 4. The number of piperidine rings is 1. The standard InChI is InChI=1S/C17H21ClN6O/c1-10-8-12(6-7-19-10)17(25)20-13-4-5-14(18)15(9-13)24-16(11-2-3-11)21-22-23-24/h4-5,9-12,19H,2-3,6-8H2,1H3,(H,20,25)/t10-,12-/m0/s1. The SMILES string of the molecule is C[C@H]1C[C@@H](C(=O)Nc2ccc(Cl)c(-n3nnnc3C3CC3)c2)CCN1. The molecule has 0 radical (unpaired) electrons. The van der Waals surface area contributed by atoms with Gasteiger partial charge in [0, 0.05) is 23.6 Å². The largest absolute Gasteiger partial charge is 0.326 e. The van der Waals surface area contributed by atoms with E-state index in [1.54, 1.807) is 10.7 Å². The first kappa shape index (κ1) is 16.5. The molecule has 8 heteroatoms. The van der Waals surface area contributed by atoms with Gasteiger partial charge in [-0.15, -0.1) is 5.10 Å². The number of benzene rings is 1. The van der Waals surface area contributed by atoms with Gasteiger partial charge < -0.3 is 10.6 Å². The van der Waals surface area contributed by atoms with Gasteiger partial charge in [0.1, 0.15) is 0 Å². The van der Waals surface area contributed by atoms with Gasteiger partial charge in [-0.2, -0.15) is 4.68 Å². The van der Waals surface area contributed by atoms with Crippen molar-refractivity contribution < 1.29 is 4.79 Å². The molecule has 1 saturated carbocycles. The van der Waals surface area contributed by atoms with E-state index in [0.29, 0.717) is 28.4 Å². The molecule has 2 fully saturated rings. The van der Waals surface area contributed by atoms with Crippen LogP contribution in [0.25, 0.3) is 5.69 Å². The van der Waals surface area contributed by atoms with Crippen LogP contribution in [0.2, 0.25) is 5.02 Å². The number of nitrogens with one attached hydrogen (secondary N) is 2. The summed E-state index contributed by atoms with van der Waals surface area (Å²) in [4.78, 5) is 12.6. The van der Waals surface area contributed by atoms with Gasteiger partial charge in [0.25, 0.3) is 0 Å². The number of carbonyl (C=O) groups is 1. The van der Waals surface area contributed by atoms with Crippen LogP contribution >= 0.6 is 11.6 Å². The molecular formula is C17H21ClN6O. The Hall–Kier alpha value is -1.99. The highest BCUT2D eigenvalue weighted by Crippen LogP contribution is 2.40. The second-order valence-corrected chi connectivity index (χ2v) is 7.36. The molecule has 2 heterocycles. The molecule has 132 valence electrons. The van der Waals surface area contributed by atoms with E-state index in [-0.39, 0.29) is 11.8 Å². The minimum absolute atomic E-state index is 0.0328. The molecule has 0 spiro atoms. The van der Waals surface area contributed by atoms with Crippen LogP contribution in [0.15, 0.2) is 18.2 Å². The van der Waals surface area contributed by atoms with Crippen LogP contribution < -0.4 is 10.6 Å². The van der Waals surface area contributed by atoms with Crippen LogP contribution in [0, 0.1) is 5.92 Å². The molecule has 2 N–H and O–H groups in total. The van der Waals surface area contributed by atoms with E-state index in [4.69, 9.17) is 11.6 Å². The monoisotopic (exact) mass is 360 g/mol. The van der Waals surface area contributed by atoms with Gasteiger partial charge in [0.15, 0.2) is 5.82 Å². The van der Waals surface area contributed by atoms with Crippen molar-refractivity contribution in [1.29, 1.82) is 0 Å². The van der Waals surface area contributed by atoms with Crippen molar-refractivity contribution in [2.45, 2.75) is 44.6 Å². The summed E-state index contributed by atoms with van der Waals surface area (Å²) >= 11 is 6.35. The maximum atomic E-state index is 12.6. The fraction of sp³-hybridized carbons (Fsp3) is 0.529. The molecule has 1 saturated heterocycles. The highest BCUT2D eigenvalue weighted by Gasteiger charge is 2.30. The van der Waals surface area contributed by atoms with E-state index in [2.05, 4.69) is 33.1 Å². The number of carbonyl (C=O) groups excluding carboxylic acids is 1. The molecule has 1 aromatic carbocycles. The Morgan fingerprint density at radius 2 is 2.20 bits per heavy atom. The summed E-state index contributed by atoms with van der Waals surface area (Å²) in [6, 6.07) is 5.80. The first-order valence-corrected chi connectivity index (χ1v) is 9.12. The number of hydrogen-bond donors (Lipinski definition) is 2. The Balaban J connectivity index is 1.55. The molecule has 0 unspecified atom stereocenters. The third kappa shape index (κ3) is 3.52. The van der Waals surface area contributed by atoms with E-state index in [0.717, 1.165) is 38.1 Å². The summed E-state index contributed by atoms with van der Waals surface area (Å²) < 4.78 is 1.68. The lowest BCUT2D eigenvalue weighted by molar-refractivity contribution is -0.120. The van der Waals surface area contributed by atoms with E-state index in [1.165, 1.54) is 0 Å². The molecule has 1 amide bonds. The predicted octanol–water partition coefficient (Wildman–Crippen LogP) is 2.52. The van der Waals surface area contributed by atoms with Gasteiger partial charge in [0.05, 0.1) is 10.7 Å². The second kappa shape index (κ2) is 6.72. The van der Waals surface area contributed by atoms with Crippen molar-refractivity contribution in [2.24, 2.45) is 5.92 Å². The zero-order valence-corrected chi connectivity index (χ0v) is 14.8. The second-order valence-electron chi connectivity index (χ2n) is 6.96. The number of nitrogens with zero attached hydrogens (tertiary/aromatic N) is 4. The summed E-state index contributed by atoms with van der Waals surface area (Å²) in [5, 5.41) is 18.9. The zero-order chi connectivity index (χ0) is 17.4. The van der Waals surface area contributed by atoms with Crippen molar-refractivity contribution in [1.82, 2.24) is 25.5 Å². The Morgan fingerprint density at radius 3 is 2.96 bits per heavy atom. The lowest BCUT2D eigenvalue weighted by Crippen LogP contribution is -2.40. The van der Waals surface area contributed by atoms with Gasteiger partial charge >= 0.3 is 0 Å². The van der Waals surface area contributed by atoms with E-state index in [9.17, 15) is 4.79 Å². The molecule has 0 bridgehead atoms. The number of amides is 1. The van der Waals surface area contributed by atoms with Gasteiger partial charge in [-0.1, -0.05) is 11.6 Å². The first-order valence-electron chi connectivity index (χ1n) is 8.74. The topological polar surface area (TPSA) is 84.7 Å². The molecule has 2 aromatic rings. The van der Waals surface area contributed by atoms with Crippen molar-refractivity contribution in [3.63, 3.8) is 0 Å². The normalized spacial score (nSPS) is 23.4. The third-order valence-corrected chi connectivity index (χ3v) is 5.19. The highest BCUT2D eigenvalue weighted by atomic mass is 35.5. The lowest BCUT2D eigenvalue weighted by atomic mass is 9.92. The van der Waals surface area contributed by atoms with Gasteiger partial charge in [-0.05, 0) is 67.8 Å². The van der Waals surface area contributed by atoms with Gasteiger partial charge in [-0.25, -0.2) is 0 Å². The van der Waals surface area contributed by atoms with Crippen LogP contribution in [0.5, 0.6) is 0 Å². The highest BCUT2D eigenvalue weighted by molar-refractivity contribution is 6.32. The average Bonchev–Trinajstić information content (AvgIpc) is 3.34. The molecule has 1 aliphatic heterocycles. The summed E-state index contributed by atoms with van der Waals surface area (Å²) in [6.07, 6.45) is 3.91. The van der Waals surface area contributed by atoms with Crippen LogP contribution in [0.1, 0.15) is 44.3 Å². The summed E-state index contributed by atoms with van der Waals surface area (Å²) in [6.45, 7) is 2.98. The number of rotatable bonds is 4. The number of anilines is 1. The molecule has 2 atom stereocenters. The number of halogens is 1. The predicted molar refractivity (Wildman–Crippen MR) is 95.0 cm³/mol. The fourth-order valence-corrected chi connectivity index (χ4v) is 3.53. The summed E-state index contributed by atoms with van der Waals surface area (Å²) in [5.74, 6) is 1.32. The van der Waals surface area contributed by atoms with E-state index in [1.807, 2.05) is 12.1 Å². The van der Waals surface area contributed by atoms with Gasteiger partial charge in [-0.3, -0.25) is 4.79 Å². The maximum Gasteiger partial charge on any atom is 0.227 e. The van der Waals surface area contributed by atoms with Crippen molar-refractivity contribution in [3.05, 3.63) is 29.0 Å². The lowest BCUT2D eigenvalue weighted by Gasteiger charge is -2.27. The minimum atomic E-state index is 0.0328. The summed E-state index contributed by atoms with van der Waals surface area (Å²) in [7, 11) is 0. The fourth-order valence-electron chi connectivity index (χ4n) is 3.33. The molecule has 4 rings (SSSR count). The Morgan fingerprint density at radius 1 is 1.36 bits per heavy atom.